The highest BCUT2D eigenvalue weighted by molar-refractivity contribution is 6.22. The Labute approximate surface area is 233 Å². The molecule has 2 unspecified atom stereocenters. The molecule has 2 aliphatic heterocycles. The first-order valence-corrected chi connectivity index (χ1v) is 12.9. The van der Waals surface area contributed by atoms with Gasteiger partial charge in [0.1, 0.15) is 6.26 Å². The third-order valence-electron chi connectivity index (χ3n) is 6.46. The second kappa shape index (κ2) is 12.7. The number of anilines is 2. The first-order chi connectivity index (χ1) is 19.5. The molecule has 0 aliphatic carbocycles. The van der Waals surface area contributed by atoms with Gasteiger partial charge in [0.25, 0.3) is 5.91 Å². The second-order valence-electron chi connectivity index (χ2n) is 9.54. The molecular formula is C28H29F3N6O4. The van der Waals surface area contributed by atoms with E-state index in [0.29, 0.717) is 35.6 Å². The van der Waals surface area contributed by atoms with Crippen molar-refractivity contribution in [3.8, 4) is 0 Å². The molecule has 10 nitrogen and oxygen atoms in total. The van der Waals surface area contributed by atoms with E-state index >= 15 is 0 Å². The molecule has 0 fully saturated rings. The maximum absolute atomic E-state index is 13.5. The van der Waals surface area contributed by atoms with Crippen molar-refractivity contribution in [2.45, 2.75) is 38.5 Å². The number of benzene rings is 2. The van der Waals surface area contributed by atoms with Crippen LogP contribution in [-0.4, -0.2) is 54.0 Å². The van der Waals surface area contributed by atoms with Crippen molar-refractivity contribution >= 4 is 34.8 Å². The fourth-order valence-electron chi connectivity index (χ4n) is 4.56. The quantitative estimate of drug-likeness (QED) is 0.397. The van der Waals surface area contributed by atoms with E-state index in [2.05, 4.69) is 25.3 Å². The van der Waals surface area contributed by atoms with E-state index in [4.69, 9.17) is 5.73 Å². The van der Waals surface area contributed by atoms with Crippen LogP contribution in [0.5, 0.6) is 0 Å². The van der Waals surface area contributed by atoms with Gasteiger partial charge < -0.3 is 25.8 Å². The average molecular weight is 571 g/mol. The fourth-order valence-corrected chi connectivity index (χ4v) is 4.56. The molecule has 13 heteroatoms. The number of hydrogen-bond donors (Lipinski definition) is 3. The third-order valence-corrected chi connectivity index (χ3v) is 6.46. The van der Waals surface area contributed by atoms with E-state index in [9.17, 15) is 27.6 Å². The van der Waals surface area contributed by atoms with Gasteiger partial charge in [0, 0.05) is 49.0 Å². The molecule has 2 aliphatic rings. The number of amides is 3. The summed E-state index contributed by atoms with van der Waals surface area (Å²) in [5, 5.41) is 9.28. The van der Waals surface area contributed by atoms with E-state index < -0.39 is 55.2 Å². The van der Waals surface area contributed by atoms with Crippen LogP contribution in [0.15, 0.2) is 70.4 Å². The molecule has 4 N–H and O–H groups in total. The predicted molar refractivity (Wildman–Crippen MR) is 145 cm³/mol. The molecule has 5 rings (SSSR count). The van der Waals surface area contributed by atoms with Gasteiger partial charge in [-0.3, -0.25) is 14.4 Å². The van der Waals surface area contributed by atoms with Crippen molar-refractivity contribution < 1.29 is 32.1 Å². The molecule has 0 spiro atoms. The van der Waals surface area contributed by atoms with Crippen LogP contribution in [0, 0.1) is 12.8 Å². The highest BCUT2D eigenvalue weighted by Crippen LogP contribution is 2.37. The maximum atomic E-state index is 13.5. The summed E-state index contributed by atoms with van der Waals surface area (Å²) in [5.74, 6) is -3.66. The van der Waals surface area contributed by atoms with E-state index in [1.165, 1.54) is 4.90 Å². The minimum Gasteiger partial charge on any atom is -0.382 e. The van der Waals surface area contributed by atoms with Gasteiger partial charge in [-0.05, 0) is 19.4 Å². The van der Waals surface area contributed by atoms with Gasteiger partial charge in [-0.2, -0.15) is 13.2 Å². The van der Waals surface area contributed by atoms with Gasteiger partial charge in [-0.25, -0.2) is 4.99 Å². The van der Waals surface area contributed by atoms with Crippen LogP contribution < -0.4 is 21.3 Å². The molecule has 0 bridgehead atoms. The number of aliphatic imine (C=N–C) groups is 1. The van der Waals surface area contributed by atoms with Gasteiger partial charge >= 0.3 is 6.18 Å². The number of hydrogen-bond acceptors (Lipinski definition) is 7. The lowest BCUT2D eigenvalue weighted by atomic mass is 9.97. The summed E-state index contributed by atoms with van der Waals surface area (Å²) in [4.78, 5) is 44.0. The van der Waals surface area contributed by atoms with Crippen molar-refractivity contribution in [1.29, 1.82) is 0 Å². The topological polar surface area (TPSA) is 143 Å². The van der Waals surface area contributed by atoms with Crippen molar-refractivity contribution in [1.82, 2.24) is 10.5 Å². The van der Waals surface area contributed by atoms with Crippen molar-refractivity contribution in [2.24, 2.45) is 16.6 Å². The minimum atomic E-state index is -4.51. The Morgan fingerprint density at radius 2 is 1.93 bits per heavy atom. The molecule has 1 aromatic heterocycles. The summed E-state index contributed by atoms with van der Waals surface area (Å²) >= 11 is 0. The normalized spacial score (nSPS) is 16.7. The Morgan fingerprint density at radius 3 is 2.54 bits per heavy atom. The summed E-state index contributed by atoms with van der Waals surface area (Å²) in [5.41, 5.74) is 9.28. The summed E-state index contributed by atoms with van der Waals surface area (Å²) in [7, 11) is 0. The van der Waals surface area contributed by atoms with Crippen LogP contribution in [0.25, 0.3) is 0 Å². The zero-order valence-electron chi connectivity index (χ0n) is 22.1. The first-order valence-electron chi connectivity index (χ1n) is 12.9. The molecule has 41 heavy (non-hydrogen) atoms. The number of rotatable bonds is 7. The summed E-state index contributed by atoms with van der Waals surface area (Å²) in [6, 6.07) is 16.4. The lowest BCUT2D eigenvalue weighted by molar-refractivity contribution is -0.143. The molecule has 3 aromatic rings. The number of nitrogens with two attached hydrogens (primary N) is 1. The average Bonchev–Trinajstić information content (AvgIpc) is 3.39. The Hall–Kier alpha value is -4.68. The largest absolute Gasteiger partial charge is 0.389 e. The standard InChI is InChI=1S/C24H24F3N5O3.C4H5NO/c25-24(26,27)10-9-15(13-18(28)33)22(34)31-21-23(35)32-12-11-29-17-8-4-7-16(20(17)32)19(30-21)14-5-2-1-3-6-14;1-4-2-3-6-5-4/h1-8,15,21,29H,9-13H2,(H2,28,33)(H,31,34);2-3H,1H3. The number of alkyl halides is 3. The number of primary amides is 1. The summed E-state index contributed by atoms with van der Waals surface area (Å²) in [6.45, 7) is 2.66. The van der Waals surface area contributed by atoms with Crippen molar-refractivity contribution in [3.05, 3.63) is 77.7 Å². The fraction of sp³-hybridized carbons (Fsp3) is 0.321. The number of aromatic nitrogens is 1. The summed E-state index contributed by atoms with van der Waals surface area (Å²) < 4.78 is 42.8. The second-order valence-corrected chi connectivity index (χ2v) is 9.54. The van der Waals surface area contributed by atoms with Gasteiger partial charge in [-0.15, -0.1) is 0 Å². The Kier molecular flexibility index (Phi) is 9.05. The monoisotopic (exact) mass is 570 g/mol. The highest BCUT2D eigenvalue weighted by Gasteiger charge is 2.38. The number of carbonyl (C=O) groups is 3. The molecule has 2 aromatic carbocycles. The summed E-state index contributed by atoms with van der Waals surface area (Å²) in [6.07, 6.45) is -6.82. The molecule has 0 radical (unpaired) electrons. The zero-order chi connectivity index (χ0) is 29.6. The number of nitrogens with zero attached hydrogens (tertiary/aromatic N) is 3. The lowest BCUT2D eigenvalue weighted by Gasteiger charge is -2.32. The van der Waals surface area contributed by atoms with Crippen molar-refractivity contribution in [2.75, 3.05) is 23.3 Å². The van der Waals surface area contributed by atoms with E-state index in [0.717, 1.165) is 11.4 Å². The first kappa shape index (κ1) is 29.3. The van der Waals surface area contributed by atoms with Crippen LogP contribution >= 0.6 is 0 Å². The van der Waals surface area contributed by atoms with Crippen LogP contribution in [0.2, 0.25) is 0 Å². The number of carbonyl (C=O) groups excluding carboxylic acids is 3. The predicted octanol–water partition coefficient (Wildman–Crippen LogP) is 3.56. The van der Waals surface area contributed by atoms with E-state index in [-0.39, 0.29) is 0 Å². The number of halogens is 3. The number of aryl methyl sites for hydroxylation is 1. The van der Waals surface area contributed by atoms with E-state index in [1.54, 1.807) is 12.3 Å². The molecule has 2 atom stereocenters. The molecule has 3 heterocycles. The smallest absolute Gasteiger partial charge is 0.382 e. The van der Waals surface area contributed by atoms with Crippen LogP contribution in [0.1, 0.15) is 36.1 Å². The Bertz CT molecular complexity index is 1410. The van der Waals surface area contributed by atoms with Crippen molar-refractivity contribution in [3.63, 3.8) is 0 Å². The van der Waals surface area contributed by atoms with Gasteiger partial charge in [0.15, 0.2) is 0 Å². The number of nitrogens with one attached hydrogen (secondary N) is 2. The molecule has 0 saturated heterocycles. The maximum Gasteiger partial charge on any atom is 0.389 e. The zero-order valence-corrected chi connectivity index (χ0v) is 22.1. The SMILES string of the molecule is Cc1ccon1.NC(=O)CC(CCC(F)(F)F)C(=O)NC1N=C(c2ccccc2)c2cccc3c2N(CCN3)C1=O. The minimum absolute atomic E-state index is 0.311. The Balaban J connectivity index is 0.000000572. The lowest BCUT2D eigenvalue weighted by Crippen LogP contribution is -2.51. The highest BCUT2D eigenvalue weighted by atomic mass is 19.4. The van der Waals surface area contributed by atoms with Crippen LogP contribution in [-0.2, 0) is 14.4 Å². The molecule has 0 saturated carbocycles. The van der Waals surface area contributed by atoms with Crippen LogP contribution in [0.4, 0.5) is 24.5 Å². The Morgan fingerprint density at radius 1 is 1.17 bits per heavy atom. The van der Waals surface area contributed by atoms with Gasteiger partial charge in [0.2, 0.25) is 18.0 Å². The van der Waals surface area contributed by atoms with Gasteiger partial charge in [0.05, 0.1) is 22.8 Å². The number of para-hydroxylation sites is 1. The molecule has 3 amide bonds. The third kappa shape index (κ3) is 7.50. The molecule has 216 valence electrons. The molecular weight excluding hydrogens is 541 g/mol. The van der Waals surface area contributed by atoms with E-state index in [1.807, 2.05) is 55.5 Å². The van der Waals surface area contributed by atoms with Crippen LogP contribution in [0.3, 0.4) is 0 Å². The van der Waals surface area contributed by atoms with Gasteiger partial charge in [-0.1, -0.05) is 47.6 Å².